The fourth-order valence-corrected chi connectivity index (χ4v) is 2.38. The zero-order chi connectivity index (χ0) is 14.7. The van der Waals surface area contributed by atoms with Crippen LogP contribution < -0.4 is 10.2 Å². The number of hydrogen-bond donors (Lipinski definition) is 1. The van der Waals surface area contributed by atoms with Crippen LogP contribution in [0.4, 0.5) is 5.82 Å². The van der Waals surface area contributed by atoms with Crippen molar-refractivity contribution in [3.63, 3.8) is 0 Å². The Hall–Kier alpha value is -2.44. The van der Waals surface area contributed by atoms with Gasteiger partial charge in [-0.15, -0.1) is 0 Å². The lowest BCUT2D eigenvalue weighted by atomic mass is 10.3. The topological polar surface area (TPSA) is 84.2 Å². The van der Waals surface area contributed by atoms with Gasteiger partial charge in [0.05, 0.1) is 12.7 Å². The van der Waals surface area contributed by atoms with Crippen molar-refractivity contribution >= 4 is 11.7 Å². The predicted octanol–water partition coefficient (Wildman–Crippen LogP) is 1.30. The zero-order valence-electron chi connectivity index (χ0n) is 11.9. The van der Waals surface area contributed by atoms with E-state index in [-0.39, 0.29) is 18.2 Å². The van der Waals surface area contributed by atoms with Crippen molar-refractivity contribution < 1.29 is 9.32 Å². The molecule has 1 aliphatic heterocycles. The Balaban J connectivity index is 1.69. The third kappa shape index (κ3) is 3.18. The molecule has 2 aromatic rings. The number of anilines is 1. The van der Waals surface area contributed by atoms with Gasteiger partial charge in [-0.1, -0.05) is 5.16 Å². The van der Waals surface area contributed by atoms with Crippen LogP contribution in [0.1, 0.15) is 34.9 Å². The maximum atomic E-state index is 11.8. The second-order valence-corrected chi connectivity index (χ2v) is 5.04. The first kappa shape index (κ1) is 13.5. The molecule has 1 fully saturated rings. The zero-order valence-corrected chi connectivity index (χ0v) is 11.9. The predicted molar refractivity (Wildman–Crippen MR) is 75.9 cm³/mol. The number of amides is 1. The average Bonchev–Trinajstić information content (AvgIpc) is 3.16. The second kappa shape index (κ2) is 5.90. The van der Waals surface area contributed by atoms with Gasteiger partial charge in [0, 0.05) is 30.9 Å². The maximum Gasteiger partial charge on any atom is 0.290 e. The van der Waals surface area contributed by atoms with Gasteiger partial charge < -0.3 is 14.7 Å². The lowest BCUT2D eigenvalue weighted by Gasteiger charge is -2.17. The molecule has 0 bridgehead atoms. The number of aromatic nitrogens is 3. The Morgan fingerprint density at radius 1 is 1.38 bits per heavy atom. The van der Waals surface area contributed by atoms with Gasteiger partial charge in [-0.05, 0) is 19.8 Å². The molecule has 0 atom stereocenters. The first-order chi connectivity index (χ1) is 10.2. The van der Waals surface area contributed by atoms with E-state index >= 15 is 0 Å². The van der Waals surface area contributed by atoms with Crippen LogP contribution in [-0.4, -0.2) is 34.1 Å². The van der Waals surface area contributed by atoms with Crippen molar-refractivity contribution in [1.82, 2.24) is 20.4 Å². The molecule has 0 spiro atoms. The highest BCUT2D eigenvalue weighted by molar-refractivity contribution is 5.91. The van der Waals surface area contributed by atoms with Crippen molar-refractivity contribution in [2.24, 2.45) is 0 Å². The van der Waals surface area contributed by atoms with Crippen LogP contribution in [0.15, 0.2) is 22.9 Å². The van der Waals surface area contributed by atoms with E-state index in [1.807, 2.05) is 13.0 Å². The number of rotatable bonds is 4. The molecule has 0 radical (unpaired) electrons. The van der Waals surface area contributed by atoms with Gasteiger partial charge >= 0.3 is 0 Å². The quantitative estimate of drug-likeness (QED) is 0.912. The first-order valence-electron chi connectivity index (χ1n) is 7.01. The Morgan fingerprint density at radius 2 is 2.19 bits per heavy atom. The highest BCUT2D eigenvalue weighted by Gasteiger charge is 2.16. The molecule has 0 saturated carbocycles. The molecule has 3 heterocycles. The maximum absolute atomic E-state index is 11.8. The summed E-state index contributed by atoms with van der Waals surface area (Å²) in [6.45, 7) is 4.26. The Morgan fingerprint density at radius 3 is 2.90 bits per heavy atom. The van der Waals surface area contributed by atoms with E-state index in [0.717, 1.165) is 24.6 Å². The highest BCUT2D eigenvalue weighted by Crippen LogP contribution is 2.18. The van der Waals surface area contributed by atoms with Gasteiger partial charge in [-0.25, -0.2) is 9.97 Å². The Labute approximate surface area is 122 Å². The molecule has 2 aromatic heterocycles. The van der Waals surface area contributed by atoms with Crippen molar-refractivity contribution in [1.29, 1.82) is 0 Å². The van der Waals surface area contributed by atoms with Crippen molar-refractivity contribution in [2.75, 3.05) is 18.0 Å². The molecule has 7 heteroatoms. The molecule has 0 aliphatic carbocycles. The third-order valence-corrected chi connectivity index (χ3v) is 3.39. The molecule has 3 rings (SSSR count). The summed E-state index contributed by atoms with van der Waals surface area (Å²) < 4.78 is 4.80. The molecular formula is C14H17N5O2. The number of hydrogen-bond acceptors (Lipinski definition) is 6. The van der Waals surface area contributed by atoms with Gasteiger partial charge in [0.15, 0.2) is 0 Å². The SMILES string of the molecule is Cc1cc(N2CCCC2)nc(CNC(=O)c2ccno2)n1. The molecule has 0 aromatic carbocycles. The Kier molecular flexibility index (Phi) is 3.81. The summed E-state index contributed by atoms with van der Waals surface area (Å²) in [5.74, 6) is 1.40. The minimum Gasteiger partial charge on any atom is -0.357 e. The highest BCUT2D eigenvalue weighted by atomic mass is 16.5. The lowest BCUT2D eigenvalue weighted by molar-refractivity contribution is 0.0913. The van der Waals surface area contributed by atoms with Crippen molar-refractivity contribution in [3.8, 4) is 0 Å². The minimum absolute atomic E-state index is 0.183. The van der Waals surface area contributed by atoms with E-state index in [9.17, 15) is 4.79 Å². The molecule has 7 nitrogen and oxygen atoms in total. The van der Waals surface area contributed by atoms with Gasteiger partial charge in [0.1, 0.15) is 11.6 Å². The molecule has 21 heavy (non-hydrogen) atoms. The second-order valence-electron chi connectivity index (χ2n) is 5.04. The number of carbonyl (C=O) groups is 1. The number of carbonyl (C=O) groups excluding carboxylic acids is 1. The molecular weight excluding hydrogens is 270 g/mol. The van der Waals surface area contributed by atoms with E-state index in [0.29, 0.717) is 5.82 Å². The summed E-state index contributed by atoms with van der Waals surface area (Å²) in [4.78, 5) is 22.9. The molecule has 1 saturated heterocycles. The van der Waals surface area contributed by atoms with E-state index in [2.05, 4.69) is 25.3 Å². The van der Waals surface area contributed by atoms with Crippen LogP contribution in [0.5, 0.6) is 0 Å². The first-order valence-corrected chi connectivity index (χ1v) is 7.01. The van der Waals surface area contributed by atoms with E-state index in [1.54, 1.807) is 0 Å². The normalized spacial score (nSPS) is 14.4. The van der Waals surface area contributed by atoms with Crippen LogP contribution in [0.3, 0.4) is 0 Å². The number of nitrogens with zero attached hydrogens (tertiary/aromatic N) is 4. The van der Waals surface area contributed by atoms with E-state index in [4.69, 9.17) is 4.52 Å². The Bertz CT molecular complexity index is 620. The molecule has 0 unspecified atom stereocenters. The van der Waals surface area contributed by atoms with Crippen LogP contribution in [0, 0.1) is 6.92 Å². The smallest absolute Gasteiger partial charge is 0.290 e. The van der Waals surface area contributed by atoms with Crippen LogP contribution in [0.2, 0.25) is 0 Å². The fraction of sp³-hybridized carbons (Fsp3) is 0.429. The summed E-state index contributed by atoms with van der Waals surface area (Å²) in [7, 11) is 0. The van der Waals surface area contributed by atoms with E-state index in [1.165, 1.54) is 25.1 Å². The summed E-state index contributed by atoms with van der Waals surface area (Å²) in [5.41, 5.74) is 0.899. The summed E-state index contributed by atoms with van der Waals surface area (Å²) in [5, 5.41) is 6.24. The van der Waals surface area contributed by atoms with E-state index < -0.39 is 0 Å². The van der Waals surface area contributed by atoms with Crippen LogP contribution in [0.25, 0.3) is 0 Å². The van der Waals surface area contributed by atoms with Crippen molar-refractivity contribution in [3.05, 3.63) is 35.6 Å². The van der Waals surface area contributed by atoms with Gasteiger partial charge in [0.2, 0.25) is 5.76 Å². The van der Waals surface area contributed by atoms with Crippen LogP contribution in [-0.2, 0) is 6.54 Å². The summed E-state index contributed by atoms with van der Waals surface area (Å²) in [6.07, 6.45) is 3.82. The summed E-state index contributed by atoms with van der Waals surface area (Å²) in [6, 6.07) is 3.50. The lowest BCUT2D eigenvalue weighted by Crippen LogP contribution is -2.25. The molecule has 110 valence electrons. The minimum atomic E-state index is -0.319. The van der Waals surface area contributed by atoms with Gasteiger partial charge in [-0.2, -0.15) is 0 Å². The van der Waals surface area contributed by atoms with Crippen molar-refractivity contribution in [2.45, 2.75) is 26.3 Å². The summed E-state index contributed by atoms with van der Waals surface area (Å²) >= 11 is 0. The average molecular weight is 287 g/mol. The third-order valence-electron chi connectivity index (χ3n) is 3.39. The monoisotopic (exact) mass is 287 g/mol. The standard InChI is InChI=1S/C14H17N5O2/c1-10-8-13(19-6-2-3-7-19)18-12(17-10)9-15-14(20)11-4-5-16-21-11/h4-5,8H,2-3,6-7,9H2,1H3,(H,15,20). The molecule has 1 N–H and O–H groups in total. The van der Waals surface area contributed by atoms with Gasteiger partial charge in [0.25, 0.3) is 5.91 Å². The largest absolute Gasteiger partial charge is 0.357 e. The molecule has 1 amide bonds. The fourth-order valence-electron chi connectivity index (χ4n) is 2.38. The van der Waals surface area contributed by atoms with Crippen LogP contribution >= 0.6 is 0 Å². The molecule has 1 aliphatic rings. The van der Waals surface area contributed by atoms with Gasteiger partial charge in [-0.3, -0.25) is 4.79 Å². The number of aryl methyl sites for hydroxylation is 1. The number of nitrogens with one attached hydrogen (secondary N) is 1.